The molecule has 1 aromatic rings. The number of aromatic nitrogens is 1. The maximum Gasteiger partial charge on any atom is 0.104 e. The summed E-state index contributed by atoms with van der Waals surface area (Å²) in [5.74, 6) is 0.186. The first-order valence-corrected chi connectivity index (χ1v) is 4.49. The summed E-state index contributed by atoms with van der Waals surface area (Å²) >= 11 is 1.49. The van der Waals surface area contributed by atoms with Crippen LogP contribution in [0.3, 0.4) is 0 Å². The van der Waals surface area contributed by atoms with E-state index in [1.54, 1.807) is 6.20 Å². The molecule has 12 heavy (non-hydrogen) atoms. The lowest BCUT2D eigenvalue weighted by Crippen LogP contribution is -2.21. The molecule has 1 atom stereocenters. The smallest absolute Gasteiger partial charge is 0.104 e. The van der Waals surface area contributed by atoms with Crippen molar-refractivity contribution in [1.82, 2.24) is 4.98 Å². The highest BCUT2D eigenvalue weighted by molar-refractivity contribution is 8.00. The van der Waals surface area contributed by atoms with E-state index in [1.807, 2.05) is 25.1 Å². The molecule has 3 nitrogen and oxygen atoms in total. The molecule has 1 aromatic heterocycles. The summed E-state index contributed by atoms with van der Waals surface area (Å²) in [4.78, 5) is 4.11. The lowest BCUT2D eigenvalue weighted by molar-refractivity contribution is 1.12. The zero-order valence-corrected chi connectivity index (χ0v) is 7.64. The number of amidine groups is 1. The summed E-state index contributed by atoms with van der Waals surface area (Å²) in [6.45, 7) is 1.89. The summed E-state index contributed by atoms with van der Waals surface area (Å²) in [6.07, 6.45) is 1.73. The third-order valence-corrected chi connectivity index (χ3v) is 2.46. The number of thioether (sulfide) groups is 1. The van der Waals surface area contributed by atoms with Crippen LogP contribution in [0.1, 0.15) is 6.92 Å². The van der Waals surface area contributed by atoms with Crippen LogP contribution >= 0.6 is 11.8 Å². The van der Waals surface area contributed by atoms with Gasteiger partial charge in [-0.25, -0.2) is 4.98 Å². The van der Waals surface area contributed by atoms with Crippen LogP contribution in [0.2, 0.25) is 0 Å². The molecule has 1 heterocycles. The largest absolute Gasteiger partial charge is 0.387 e. The van der Waals surface area contributed by atoms with Gasteiger partial charge in [0.05, 0.1) is 10.3 Å². The van der Waals surface area contributed by atoms with Crippen molar-refractivity contribution < 1.29 is 0 Å². The van der Waals surface area contributed by atoms with Gasteiger partial charge in [-0.2, -0.15) is 0 Å². The highest BCUT2D eigenvalue weighted by Gasteiger charge is 2.06. The molecular weight excluding hydrogens is 170 g/mol. The maximum absolute atomic E-state index is 7.18. The zero-order chi connectivity index (χ0) is 8.97. The summed E-state index contributed by atoms with van der Waals surface area (Å²) in [6, 6.07) is 5.69. The van der Waals surface area contributed by atoms with E-state index in [0.29, 0.717) is 0 Å². The average molecular weight is 181 g/mol. The van der Waals surface area contributed by atoms with E-state index in [-0.39, 0.29) is 11.1 Å². The first kappa shape index (κ1) is 9.06. The van der Waals surface area contributed by atoms with E-state index in [4.69, 9.17) is 11.1 Å². The fourth-order valence-electron chi connectivity index (χ4n) is 0.661. The molecule has 0 bridgehead atoms. The van der Waals surface area contributed by atoms with Crippen LogP contribution in [0.15, 0.2) is 29.4 Å². The number of nitrogens with two attached hydrogens (primary N) is 1. The molecule has 3 N–H and O–H groups in total. The van der Waals surface area contributed by atoms with Gasteiger partial charge in [0.1, 0.15) is 5.84 Å². The molecule has 0 aromatic carbocycles. The molecule has 0 spiro atoms. The first-order valence-electron chi connectivity index (χ1n) is 3.62. The monoisotopic (exact) mass is 181 g/mol. The number of nitrogens with one attached hydrogen (secondary N) is 1. The highest BCUT2D eigenvalue weighted by atomic mass is 32.2. The second kappa shape index (κ2) is 4.11. The van der Waals surface area contributed by atoms with Crippen LogP contribution in [-0.2, 0) is 0 Å². The number of hydrogen-bond acceptors (Lipinski definition) is 3. The van der Waals surface area contributed by atoms with Gasteiger partial charge in [0.25, 0.3) is 0 Å². The van der Waals surface area contributed by atoms with Crippen molar-refractivity contribution >= 4 is 17.6 Å². The quantitative estimate of drug-likeness (QED) is 0.422. The Hall–Kier alpha value is -1.03. The SMILES string of the molecule is CC(Sc1ccccn1)C(=N)N. The van der Waals surface area contributed by atoms with Crippen LogP contribution in [0.5, 0.6) is 0 Å². The Bertz CT molecular complexity index is 260. The number of nitrogens with zero attached hydrogens (tertiary/aromatic N) is 1. The summed E-state index contributed by atoms with van der Waals surface area (Å²) in [5, 5.41) is 8.08. The minimum absolute atomic E-state index is 0.0000926. The van der Waals surface area contributed by atoms with Crippen LogP contribution in [0.25, 0.3) is 0 Å². The van der Waals surface area contributed by atoms with E-state index in [9.17, 15) is 0 Å². The Labute approximate surface area is 75.9 Å². The molecule has 0 amide bonds. The topological polar surface area (TPSA) is 62.8 Å². The fraction of sp³-hybridized carbons (Fsp3) is 0.250. The lowest BCUT2D eigenvalue weighted by Gasteiger charge is -2.06. The maximum atomic E-state index is 7.18. The number of rotatable bonds is 3. The first-order chi connectivity index (χ1) is 5.70. The molecule has 0 aliphatic carbocycles. The molecule has 0 fully saturated rings. The predicted octanol–water partition coefficient (Wildman–Crippen LogP) is 1.50. The highest BCUT2D eigenvalue weighted by Crippen LogP contribution is 2.19. The molecule has 0 saturated heterocycles. The van der Waals surface area contributed by atoms with Crippen LogP contribution in [0.4, 0.5) is 0 Å². The second-order valence-electron chi connectivity index (χ2n) is 2.38. The number of pyridine rings is 1. The van der Waals surface area contributed by atoms with Crippen LogP contribution in [-0.4, -0.2) is 16.1 Å². The summed E-state index contributed by atoms with van der Waals surface area (Å²) in [7, 11) is 0. The van der Waals surface area contributed by atoms with Crippen LogP contribution < -0.4 is 5.73 Å². The van der Waals surface area contributed by atoms with Crippen molar-refractivity contribution in [3.63, 3.8) is 0 Å². The zero-order valence-electron chi connectivity index (χ0n) is 6.82. The van der Waals surface area contributed by atoms with E-state index in [0.717, 1.165) is 5.03 Å². The molecule has 1 unspecified atom stereocenters. The molecule has 0 aliphatic rings. The Kier molecular flexibility index (Phi) is 3.10. The summed E-state index contributed by atoms with van der Waals surface area (Å²) in [5.41, 5.74) is 5.32. The average Bonchev–Trinajstić information content (AvgIpc) is 2.06. The minimum atomic E-state index is -0.0000926. The Morgan fingerprint density at radius 3 is 2.92 bits per heavy atom. The standard InChI is InChI=1S/C8H11N3S/c1-6(8(9)10)12-7-4-2-3-5-11-7/h2-6H,1H3,(H3,9,10). The van der Waals surface area contributed by atoms with Gasteiger partial charge in [-0.1, -0.05) is 17.8 Å². The van der Waals surface area contributed by atoms with Gasteiger partial charge in [0, 0.05) is 6.20 Å². The van der Waals surface area contributed by atoms with Crippen molar-refractivity contribution in [2.45, 2.75) is 17.2 Å². The number of hydrogen-bond donors (Lipinski definition) is 2. The van der Waals surface area contributed by atoms with Crippen LogP contribution in [0, 0.1) is 5.41 Å². The van der Waals surface area contributed by atoms with Gasteiger partial charge >= 0.3 is 0 Å². The minimum Gasteiger partial charge on any atom is -0.387 e. The Balaban J connectivity index is 2.58. The van der Waals surface area contributed by atoms with Crippen molar-refractivity contribution in [2.75, 3.05) is 0 Å². The molecule has 64 valence electrons. The molecule has 0 radical (unpaired) electrons. The molecule has 0 saturated carbocycles. The molecule has 1 rings (SSSR count). The van der Waals surface area contributed by atoms with Crippen molar-refractivity contribution in [2.24, 2.45) is 5.73 Å². The molecular formula is C8H11N3S. The van der Waals surface area contributed by atoms with Crippen molar-refractivity contribution in [1.29, 1.82) is 5.41 Å². The van der Waals surface area contributed by atoms with Crippen molar-refractivity contribution in [3.05, 3.63) is 24.4 Å². The van der Waals surface area contributed by atoms with E-state index >= 15 is 0 Å². The third-order valence-electron chi connectivity index (χ3n) is 1.37. The second-order valence-corrected chi connectivity index (χ2v) is 3.74. The fourth-order valence-corrected chi connectivity index (χ4v) is 1.43. The van der Waals surface area contributed by atoms with Gasteiger partial charge in [-0.3, -0.25) is 5.41 Å². The van der Waals surface area contributed by atoms with Gasteiger partial charge in [-0.05, 0) is 19.1 Å². The summed E-state index contributed by atoms with van der Waals surface area (Å²) < 4.78 is 0. The van der Waals surface area contributed by atoms with Gasteiger partial charge in [0.2, 0.25) is 0 Å². The van der Waals surface area contributed by atoms with Gasteiger partial charge < -0.3 is 5.73 Å². The van der Waals surface area contributed by atoms with Gasteiger partial charge in [-0.15, -0.1) is 0 Å². The van der Waals surface area contributed by atoms with Crippen molar-refractivity contribution in [3.8, 4) is 0 Å². The molecule has 0 aliphatic heterocycles. The third kappa shape index (κ3) is 2.54. The van der Waals surface area contributed by atoms with E-state index in [2.05, 4.69) is 4.98 Å². The molecule has 4 heteroatoms. The normalized spacial score (nSPS) is 12.4. The van der Waals surface area contributed by atoms with E-state index < -0.39 is 0 Å². The van der Waals surface area contributed by atoms with Gasteiger partial charge in [0.15, 0.2) is 0 Å². The Morgan fingerprint density at radius 1 is 1.67 bits per heavy atom. The predicted molar refractivity (Wildman–Crippen MR) is 51.5 cm³/mol. The van der Waals surface area contributed by atoms with E-state index in [1.165, 1.54) is 11.8 Å². The Morgan fingerprint density at radius 2 is 2.42 bits per heavy atom. The lowest BCUT2D eigenvalue weighted by atomic mass is 10.4.